The van der Waals surface area contributed by atoms with E-state index in [1.54, 1.807) is 12.1 Å². The minimum atomic E-state index is -0.412. The predicted octanol–water partition coefficient (Wildman–Crippen LogP) is 4.55. The second-order valence-electron chi connectivity index (χ2n) is 6.41. The summed E-state index contributed by atoms with van der Waals surface area (Å²) in [5, 5.41) is 4.23. The number of carbonyl (C=O) groups is 1. The number of rotatable bonds is 3. The largest absolute Gasteiger partial charge is 0.422 e. The molecule has 0 unspecified atom stereocenters. The van der Waals surface area contributed by atoms with Crippen molar-refractivity contribution in [3.8, 4) is 0 Å². The molecule has 0 bridgehead atoms. The minimum Gasteiger partial charge on any atom is -0.422 e. The Bertz CT molecular complexity index is 1190. The van der Waals surface area contributed by atoms with E-state index in [9.17, 15) is 9.59 Å². The lowest BCUT2D eigenvalue weighted by Gasteiger charge is -2.04. The third kappa shape index (κ3) is 3.02. The van der Waals surface area contributed by atoms with Crippen LogP contribution in [0, 0.1) is 13.8 Å². The smallest absolute Gasteiger partial charge is 0.345 e. The Morgan fingerprint density at radius 1 is 1.00 bits per heavy atom. The third-order valence-electron chi connectivity index (χ3n) is 4.33. The number of hydrogen-bond donors (Lipinski definition) is 1. The highest BCUT2D eigenvalue weighted by Crippen LogP contribution is 2.31. The summed E-state index contributed by atoms with van der Waals surface area (Å²) in [5.74, 6) is -0.188. The topological polar surface area (TPSA) is 59.3 Å². The molecule has 1 amide bonds. The summed E-state index contributed by atoms with van der Waals surface area (Å²) in [6.07, 6.45) is 0. The molecule has 0 aliphatic carbocycles. The first kappa shape index (κ1) is 16.5. The Morgan fingerprint density at radius 2 is 1.73 bits per heavy atom. The number of nitrogens with one attached hydrogen (secondary N) is 1. The Labute approximate surface area is 154 Å². The summed E-state index contributed by atoms with van der Waals surface area (Å²) in [6.45, 7) is 4.46. The molecule has 0 atom stereocenters. The van der Waals surface area contributed by atoms with Gasteiger partial charge in [0.05, 0.1) is 15.0 Å². The Kier molecular flexibility index (Phi) is 4.09. The molecule has 1 N–H and O–H groups in total. The van der Waals surface area contributed by atoms with Crippen LogP contribution in [-0.4, -0.2) is 5.91 Å². The van der Waals surface area contributed by atoms with E-state index >= 15 is 0 Å². The summed E-state index contributed by atoms with van der Waals surface area (Å²) in [6, 6.07) is 15.3. The molecule has 2 aromatic carbocycles. The van der Waals surface area contributed by atoms with Gasteiger partial charge >= 0.3 is 5.63 Å². The Balaban J connectivity index is 1.68. The monoisotopic (exact) mass is 363 g/mol. The zero-order valence-electron chi connectivity index (χ0n) is 14.5. The molecule has 4 rings (SSSR count). The van der Waals surface area contributed by atoms with Crippen molar-refractivity contribution >= 4 is 38.3 Å². The fraction of sp³-hybridized carbons (Fsp3) is 0.143. The van der Waals surface area contributed by atoms with Crippen LogP contribution < -0.4 is 10.9 Å². The summed E-state index contributed by atoms with van der Waals surface area (Å²) >= 11 is 1.32. The van der Waals surface area contributed by atoms with Gasteiger partial charge < -0.3 is 9.73 Å². The van der Waals surface area contributed by atoms with Gasteiger partial charge in [0.15, 0.2) is 0 Å². The number of aryl methyl sites for hydroxylation is 2. The van der Waals surface area contributed by atoms with Crippen LogP contribution in [0.15, 0.2) is 57.7 Å². The summed E-state index contributed by atoms with van der Waals surface area (Å²) in [7, 11) is 0. The van der Waals surface area contributed by atoms with E-state index < -0.39 is 5.63 Å². The van der Waals surface area contributed by atoms with Crippen LogP contribution in [0.2, 0.25) is 0 Å². The SMILES string of the molecule is Cc1ccc(CNC(=O)c2cc3c(=O)oc4ccc(C)cc4c3s2)cc1. The van der Waals surface area contributed by atoms with Crippen molar-refractivity contribution in [3.63, 3.8) is 0 Å². The van der Waals surface area contributed by atoms with Gasteiger partial charge in [-0.05, 0) is 37.6 Å². The van der Waals surface area contributed by atoms with Gasteiger partial charge in [0.25, 0.3) is 5.91 Å². The normalized spacial score (nSPS) is 11.2. The Hall–Kier alpha value is -2.92. The molecule has 2 heterocycles. The number of hydrogen-bond acceptors (Lipinski definition) is 4. The van der Waals surface area contributed by atoms with Crippen molar-refractivity contribution in [2.45, 2.75) is 20.4 Å². The van der Waals surface area contributed by atoms with Crippen LogP contribution in [0.1, 0.15) is 26.4 Å². The van der Waals surface area contributed by atoms with Crippen molar-refractivity contribution in [1.82, 2.24) is 5.32 Å². The standard InChI is InChI=1S/C21H17NO3S/c1-12-3-6-14(7-4-12)11-22-20(23)18-10-16-19(26-18)15-9-13(2)5-8-17(15)25-21(16)24/h3-10H,11H2,1-2H3,(H,22,23). The average molecular weight is 363 g/mol. The second-order valence-corrected chi connectivity index (χ2v) is 7.46. The lowest BCUT2D eigenvalue weighted by Crippen LogP contribution is -2.21. The number of fused-ring (bicyclic) bond motifs is 3. The van der Waals surface area contributed by atoms with E-state index in [1.165, 1.54) is 16.9 Å². The van der Waals surface area contributed by atoms with Crippen molar-refractivity contribution in [1.29, 1.82) is 0 Å². The molecule has 0 aliphatic rings. The van der Waals surface area contributed by atoms with Gasteiger partial charge in [-0.25, -0.2) is 4.79 Å². The maximum absolute atomic E-state index is 12.5. The highest BCUT2D eigenvalue weighted by Gasteiger charge is 2.16. The van der Waals surface area contributed by atoms with E-state index in [0.29, 0.717) is 22.4 Å². The molecule has 0 fully saturated rings. The molecule has 2 aromatic heterocycles. The molecule has 0 aliphatic heterocycles. The van der Waals surface area contributed by atoms with Gasteiger partial charge in [0.1, 0.15) is 5.58 Å². The molecular formula is C21H17NO3S. The molecular weight excluding hydrogens is 346 g/mol. The van der Waals surface area contributed by atoms with Crippen LogP contribution in [0.25, 0.3) is 21.1 Å². The highest BCUT2D eigenvalue weighted by molar-refractivity contribution is 7.21. The first-order chi connectivity index (χ1) is 12.5. The molecule has 4 aromatic rings. The fourth-order valence-corrected chi connectivity index (χ4v) is 3.98. The summed E-state index contributed by atoms with van der Waals surface area (Å²) < 4.78 is 6.17. The van der Waals surface area contributed by atoms with E-state index in [-0.39, 0.29) is 5.91 Å². The summed E-state index contributed by atoms with van der Waals surface area (Å²) in [5.41, 5.74) is 3.42. The van der Waals surface area contributed by atoms with Gasteiger partial charge in [-0.15, -0.1) is 11.3 Å². The molecule has 4 nitrogen and oxygen atoms in total. The van der Waals surface area contributed by atoms with Crippen LogP contribution in [0.4, 0.5) is 0 Å². The maximum Gasteiger partial charge on any atom is 0.345 e. The van der Waals surface area contributed by atoms with E-state index in [1.807, 2.05) is 50.2 Å². The van der Waals surface area contributed by atoms with Gasteiger partial charge in [-0.3, -0.25) is 4.79 Å². The quantitative estimate of drug-likeness (QED) is 0.543. The minimum absolute atomic E-state index is 0.188. The maximum atomic E-state index is 12.5. The lowest BCUT2D eigenvalue weighted by molar-refractivity contribution is 0.0955. The number of amides is 1. The van der Waals surface area contributed by atoms with Gasteiger partial charge in [-0.2, -0.15) is 0 Å². The number of thiophene rings is 1. The fourth-order valence-electron chi connectivity index (χ4n) is 2.90. The number of carbonyl (C=O) groups excluding carboxylic acids is 1. The van der Waals surface area contributed by atoms with E-state index in [0.717, 1.165) is 21.2 Å². The molecule has 0 saturated heterocycles. The summed E-state index contributed by atoms with van der Waals surface area (Å²) in [4.78, 5) is 25.3. The predicted molar refractivity (Wildman–Crippen MR) is 105 cm³/mol. The molecule has 5 heteroatoms. The van der Waals surface area contributed by atoms with Crippen LogP contribution >= 0.6 is 11.3 Å². The number of benzene rings is 2. The van der Waals surface area contributed by atoms with Crippen LogP contribution in [0.3, 0.4) is 0 Å². The first-order valence-electron chi connectivity index (χ1n) is 8.32. The average Bonchev–Trinajstić information content (AvgIpc) is 3.08. The Morgan fingerprint density at radius 3 is 2.50 bits per heavy atom. The lowest BCUT2D eigenvalue weighted by atomic mass is 10.1. The highest BCUT2D eigenvalue weighted by atomic mass is 32.1. The van der Waals surface area contributed by atoms with Crippen molar-refractivity contribution < 1.29 is 9.21 Å². The molecule has 0 spiro atoms. The van der Waals surface area contributed by atoms with Gasteiger partial charge in [0, 0.05) is 11.9 Å². The second kappa shape index (κ2) is 6.42. The zero-order chi connectivity index (χ0) is 18.3. The van der Waals surface area contributed by atoms with Crippen molar-refractivity contribution in [2.24, 2.45) is 0 Å². The molecule has 0 radical (unpaired) electrons. The van der Waals surface area contributed by atoms with Gasteiger partial charge in [-0.1, -0.05) is 41.5 Å². The zero-order valence-corrected chi connectivity index (χ0v) is 15.3. The van der Waals surface area contributed by atoms with Gasteiger partial charge in [0.2, 0.25) is 0 Å². The first-order valence-corrected chi connectivity index (χ1v) is 9.14. The van der Waals surface area contributed by atoms with Crippen molar-refractivity contribution in [2.75, 3.05) is 0 Å². The van der Waals surface area contributed by atoms with Crippen LogP contribution in [0.5, 0.6) is 0 Å². The van der Waals surface area contributed by atoms with Crippen LogP contribution in [-0.2, 0) is 6.54 Å². The van der Waals surface area contributed by atoms with E-state index in [2.05, 4.69) is 5.32 Å². The molecule has 26 heavy (non-hydrogen) atoms. The molecule has 0 saturated carbocycles. The van der Waals surface area contributed by atoms with E-state index in [4.69, 9.17) is 4.42 Å². The van der Waals surface area contributed by atoms with Crippen molar-refractivity contribution in [3.05, 3.63) is 80.5 Å². The molecule has 130 valence electrons. The third-order valence-corrected chi connectivity index (χ3v) is 5.50.